The summed E-state index contributed by atoms with van der Waals surface area (Å²) < 4.78 is 0. The number of rotatable bonds is 4. The second-order valence-electron chi connectivity index (χ2n) is 4.81. The fourth-order valence-corrected chi connectivity index (χ4v) is 2.34. The number of aliphatic carboxylic acids is 1. The van der Waals surface area contributed by atoms with E-state index < -0.39 is 10.9 Å². The van der Waals surface area contributed by atoms with Crippen molar-refractivity contribution in [2.45, 2.75) is 32.2 Å². The Hall–Kier alpha value is -2.18. The summed E-state index contributed by atoms with van der Waals surface area (Å²) in [6, 6.07) is 1.52. The fraction of sp³-hybridized carbons (Fsp3) is 0.500. The quantitative estimate of drug-likeness (QED) is 0.636. The Morgan fingerprint density at radius 2 is 2.32 bits per heavy atom. The van der Waals surface area contributed by atoms with E-state index in [-0.39, 0.29) is 17.6 Å². The third-order valence-electron chi connectivity index (χ3n) is 3.40. The number of aryl methyl sites for hydroxylation is 1. The van der Waals surface area contributed by atoms with Gasteiger partial charge in [-0.25, -0.2) is 4.98 Å². The van der Waals surface area contributed by atoms with Crippen LogP contribution < -0.4 is 5.32 Å². The molecule has 2 atom stereocenters. The molecule has 7 heteroatoms. The lowest BCUT2D eigenvalue weighted by Gasteiger charge is -2.14. The number of nitrogens with zero attached hydrogens (tertiary/aromatic N) is 2. The number of nitrogens with one attached hydrogen (secondary N) is 1. The first kappa shape index (κ1) is 13.3. The van der Waals surface area contributed by atoms with E-state index in [0.29, 0.717) is 24.2 Å². The molecule has 0 unspecified atom stereocenters. The molecule has 1 saturated carbocycles. The minimum atomic E-state index is -0.766. The van der Waals surface area contributed by atoms with Crippen LogP contribution in [-0.2, 0) is 4.79 Å². The summed E-state index contributed by atoms with van der Waals surface area (Å²) in [6.45, 7) is 1.74. The minimum absolute atomic E-state index is 0.0436. The Balaban J connectivity index is 2.04. The van der Waals surface area contributed by atoms with E-state index in [1.807, 2.05) is 0 Å². The summed E-state index contributed by atoms with van der Waals surface area (Å²) in [7, 11) is 0. The average molecular weight is 265 g/mol. The third-order valence-corrected chi connectivity index (χ3v) is 3.40. The molecule has 0 amide bonds. The average Bonchev–Trinajstić information content (AvgIpc) is 2.80. The summed E-state index contributed by atoms with van der Waals surface area (Å²) in [4.78, 5) is 25.0. The molecule has 2 rings (SSSR count). The number of carboxylic acid groups (broad SMARTS) is 1. The van der Waals surface area contributed by atoms with Gasteiger partial charge in [0.1, 0.15) is 12.0 Å². The number of hydrogen-bond donors (Lipinski definition) is 2. The van der Waals surface area contributed by atoms with E-state index in [4.69, 9.17) is 5.11 Å². The van der Waals surface area contributed by atoms with Crippen LogP contribution in [0.3, 0.4) is 0 Å². The van der Waals surface area contributed by atoms with Gasteiger partial charge in [-0.2, -0.15) is 0 Å². The van der Waals surface area contributed by atoms with Crippen molar-refractivity contribution in [3.63, 3.8) is 0 Å². The summed E-state index contributed by atoms with van der Waals surface area (Å²) in [5.41, 5.74) is 0.644. The number of nitro groups is 1. The summed E-state index contributed by atoms with van der Waals surface area (Å²) in [5, 5.41) is 22.7. The van der Waals surface area contributed by atoms with Crippen molar-refractivity contribution in [2.75, 3.05) is 5.32 Å². The highest BCUT2D eigenvalue weighted by atomic mass is 16.6. The van der Waals surface area contributed by atoms with Gasteiger partial charge >= 0.3 is 5.97 Å². The number of aromatic nitrogens is 1. The molecule has 0 radical (unpaired) electrons. The molecule has 0 aliphatic heterocycles. The van der Waals surface area contributed by atoms with Gasteiger partial charge in [-0.1, -0.05) is 0 Å². The molecule has 0 spiro atoms. The van der Waals surface area contributed by atoms with Crippen molar-refractivity contribution in [3.8, 4) is 0 Å². The summed E-state index contributed by atoms with van der Waals surface area (Å²) >= 11 is 0. The van der Waals surface area contributed by atoms with Crippen LogP contribution in [0.4, 0.5) is 11.5 Å². The zero-order chi connectivity index (χ0) is 14.0. The number of pyridine rings is 1. The highest BCUT2D eigenvalue weighted by Crippen LogP contribution is 2.29. The lowest BCUT2D eigenvalue weighted by molar-refractivity contribution is -0.385. The molecule has 7 nitrogen and oxygen atoms in total. The maximum atomic E-state index is 10.9. The van der Waals surface area contributed by atoms with Crippen LogP contribution in [0.1, 0.15) is 24.8 Å². The van der Waals surface area contributed by atoms with E-state index in [1.165, 1.54) is 12.3 Å². The molecule has 102 valence electrons. The molecular weight excluding hydrogens is 250 g/mol. The molecule has 0 saturated heterocycles. The van der Waals surface area contributed by atoms with Crippen molar-refractivity contribution < 1.29 is 14.8 Å². The SMILES string of the molecule is Cc1cc([N+](=O)[O-])cnc1N[C@H]1CC[C@@H](C(=O)O)C1. The van der Waals surface area contributed by atoms with Crippen molar-refractivity contribution in [3.05, 3.63) is 27.9 Å². The first-order valence-electron chi connectivity index (χ1n) is 6.07. The van der Waals surface area contributed by atoms with E-state index in [0.717, 1.165) is 6.42 Å². The van der Waals surface area contributed by atoms with E-state index in [1.54, 1.807) is 6.92 Å². The number of carbonyl (C=O) groups is 1. The third kappa shape index (κ3) is 2.98. The van der Waals surface area contributed by atoms with Gasteiger partial charge in [0, 0.05) is 12.1 Å². The van der Waals surface area contributed by atoms with Gasteiger partial charge in [-0.3, -0.25) is 14.9 Å². The van der Waals surface area contributed by atoms with Gasteiger partial charge in [0.05, 0.1) is 10.8 Å². The second-order valence-corrected chi connectivity index (χ2v) is 4.81. The second kappa shape index (κ2) is 5.21. The summed E-state index contributed by atoms with van der Waals surface area (Å²) in [6.07, 6.45) is 3.19. The van der Waals surface area contributed by atoms with E-state index in [2.05, 4.69) is 10.3 Å². The van der Waals surface area contributed by atoms with Crippen molar-refractivity contribution in [1.29, 1.82) is 0 Å². The molecule has 1 aromatic rings. The topological polar surface area (TPSA) is 105 Å². The van der Waals surface area contributed by atoms with Gasteiger partial charge in [0.15, 0.2) is 0 Å². The maximum Gasteiger partial charge on any atom is 0.306 e. The molecule has 1 aliphatic carbocycles. The van der Waals surface area contributed by atoms with Gasteiger partial charge in [0.2, 0.25) is 0 Å². The molecule has 1 aliphatic rings. The van der Waals surface area contributed by atoms with Crippen LogP contribution in [0.25, 0.3) is 0 Å². The molecule has 1 fully saturated rings. The molecule has 0 aromatic carbocycles. The van der Waals surface area contributed by atoms with Crippen LogP contribution in [0.15, 0.2) is 12.3 Å². The molecule has 19 heavy (non-hydrogen) atoms. The normalized spacial score (nSPS) is 22.2. The first-order chi connectivity index (χ1) is 8.97. The Labute approximate surface area is 109 Å². The number of anilines is 1. The van der Waals surface area contributed by atoms with Crippen molar-refractivity contribution >= 4 is 17.5 Å². The Morgan fingerprint density at radius 1 is 1.58 bits per heavy atom. The highest BCUT2D eigenvalue weighted by molar-refractivity contribution is 5.70. The number of hydrogen-bond acceptors (Lipinski definition) is 5. The van der Waals surface area contributed by atoms with Gasteiger partial charge in [-0.05, 0) is 31.7 Å². The molecule has 2 N–H and O–H groups in total. The predicted molar refractivity (Wildman–Crippen MR) is 68.0 cm³/mol. The maximum absolute atomic E-state index is 10.9. The monoisotopic (exact) mass is 265 g/mol. The lowest BCUT2D eigenvalue weighted by Crippen LogP contribution is -2.19. The highest BCUT2D eigenvalue weighted by Gasteiger charge is 2.30. The number of carboxylic acids is 1. The van der Waals surface area contributed by atoms with Gasteiger partial charge in [-0.15, -0.1) is 0 Å². The predicted octanol–water partition coefficient (Wildman–Crippen LogP) is 1.96. The molecule has 0 bridgehead atoms. The van der Waals surface area contributed by atoms with Crippen LogP contribution in [0, 0.1) is 23.0 Å². The molecule has 1 heterocycles. The van der Waals surface area contributed by atoms with E-state index >= 15 is 0 Å². The summed E-state index contributed by atoms with van der Waals surface area (Å²) in [5.74, 6) is -0.491. The first-order valence-corrected chi connectivity index (χ1v) is 6.07. The Bertz CT molecular complexity index is 518. The smallest absolute Gasteiger partial charge is 0.306 e. The van der Waals surface area contributed by atoms with Gasteiger partial charge in [0.25, 0.3) is 5.69 Å². The van der Waals surface area contributed by atoms with Crippen LogP contribution >= 0.6 is 0 Å². The standard InChI is InChI=1S/C12H15N3O4/c1-7-4-10(15(18)19)6-13-11(7)14-9-3-2-8(5-9)12(16)17/h4,6,8-9H,2-3,5H2,1H3,(H,13,14)(H,16,17)/t8-,9+/m1/s1. The minimum Gasteiger partial charge on any atom is -0.481 e. The lowest BCUT2D eigenvalue weighted by atomic mass is 10.1. The Morgan fingerprint density at radius 3 is 2.84 bits per heavy atom. The molecule has 1 aromatic heterocycles. The van der Waals surface area contributed by atoms with Crippen molar-refractivity contribution in [2.24, 2.45) is 5.92 Å². The largest absolute Gasteiger partial charge is 0.481 e. The van der Waals surface area contributed by atoms with Gasteiger partial charge < -0.3 is 10.4 Å². The van der Waals surface area contributed by atoms with E-state index in [9.17, 15) is 14.9 Å². The zero-order valence-corrected chi connectivity index (χ0v) is 10.5. The Kier molecular flexibility index (Phi) is 3.64. The molecular formula is C12H15N3O4. The fourth-order valence-electron chi connectivity index (χ4n) is 2.34. The van der Waals surface area contributed by atoms with Crippen LogP contribution in [0.5, 0.6) is 0 Å². The van der Waals surface area contributed by atoms with Crippen LogP contribution in [-0.4, -0.2) is 27.0 Å². The van der Waals surface area contributed by atoms with Crippen LogP contribution in [0.2, 0.25) is 0 Å². The van der Waals surface area contributed by atoms with Crippen molar-refractivity contribution in [1.82, 2.24) is 4.98 Å². The zero-order valence-electron chi connectivity index (χ0n) is 10.5.